The fraction of sp³-hybridized carbons (Fsp3) is 0.222. The van der Waals surface area contributed by atoms with E-state index in [1.165, 1.54) is 0 Å². The fourth-order valence-electron chi connectivity index (χ4n) is 0.925. The molecule has 1 unspecified atom stereocenters. The lowest BCUT2D eigenvalue weighted by Gasteiger charge is -2.03. The number of aliphatic carboxylic acids is 1. The van der Waals surface area contributed by atoms with Crippen molar-refractivity contribution in [3.63, 3.8) is 0 Å². The van der Waals surface area contributed by atoms with Crippen molar-refractivity contribution in [2.45, 2.75) is 11.7 Å². The lowest BCUT2D eigenvalue weighted by Crippen LogP contribution is -2.15. The van der Waals surface area contributed by atoms with E-state index in [4.69, 9.17) is 5.11 Å². The summed E-state index contributed by atoms with van der Waals surface area (Å²) in [5, 5.41) is 7.96. The van der Waals surface area contributed by atoms with Crippen LogP contribution in [0.5, 0.6) is 0 Å². The van der Waals surface area contributed by atoms with Gasteiger partial charge in [0.05, 0.1) is 0 Å². The Morgan fingerprint density at radius 2 is 1.92 bits per heavy atom. The van der Waals surface area contributed by atoms with Crippen molar-refractivity contribution in [3.8, 4) is 0 Å². The second kappa shape index (κ2) is 5.89. The van der Waals surface area contributed by atoms with E-state index >= 15 is 0 Å². The maximum atomic E-state index is 10.4. The number of rotatable bonds is 3. The van der Waals surface area contributed by atoms with Gasteiger partial charge in [-0.25, -0.2) is 0 Å². The van der Waals surface area contributed by atoms with E-state index < -0.39 is 11.2 Å². The van der Waals surface area contributed by atoms with E-state index in [1.807, 2.05) is 30.3 Å². The van der Waals surface area contributed by atoms with Crippen molar-refractivity contribution in [2.75, 3.05) is 0 Å². The van der Waals surface area contributed by atoms with E-state index in [2.05, 4.69) is 12.6 Å². The van der Waals surface area contributed by atoms with Crippen LogP contribution in [0.15, 0.2) is 30.3 Å². The highest BCUT2D eigenvalue weighted by molar-refractivity contribution is 7.81. The summed E-state index contributed by atoms with van der Waals surface area (Å²) < 4.78 is 0. The molecule has 0 saturated carbocycles. The van der Waals surface area contributed by atoms with Gasteiger partial charge in [0.15, 0.2) is 0 Å². The van der Waals surface area contributed by atoms with Gasteiger partial charge >= 0.3 is 5.97 Å². The number of benzene rings is 1. The summed E-state index contributed by atoms with van der Waals surface area (Å²) in [6, 6.07) is 9.46. The van der Waals surface area contributed by atoms with Gasteiger partial charge in [-0.1, -0.05) is 30.3 Å². The Bertz CT molecular complexity index is 264. The van der Waals surface area contributed by atoms with Crippen LogP contribution < -0.4 is 0 Å². The SMILES string of the molecule is Cl.O=C(O)C(S)Cc1ccccc1. The van der Waals surface area contributed by atoms with Gasteiger partial charge in [0.1, 0.15) is 5.25 Å². The Morgan fingerprint density at radius 3 is 2.38 bits per heavy atom. The predicted molar refractivity (Wildman–Crippen MR) is 57.8 cm³/mol. The third-order valence-corrected chi connectivity index (χ3v) is 1.96. The van der Waals surface area contributed by atoms with Crippen LogP contribution in [0.25, 0.3) is 0 Å². The first-order valence-electron chi connectivity index (χ1n) is 3.65. The third kappa shape index (κ3) is 4.20. The van der Waals surface area contributed by atoms with Crippen molar-refractivity contribution >= 4 is 31.0 Å². The average Bonchev–Trinajstić information content (AvgIpc) is 2.06. The molecule has 0 bridgehead atoms. The summed E-state index contributed by atoms with van der Waals surface area (Å²) in [6.07, 6.45) is 0.472. The molecule has 0 aliphatic carbocycles. The lowest BCUT2D eigenvalue weighted by atomic mass is 10.1. The first kappa shape index (κ1) is 12.3. The number of halogens is 1. The Kier molecular flexibility index (Phi) is 5.58. The molecule has 0 aliphatic heterocycles. The quantitative estimate of drug-likeness (QED) is 0.762. The van der Waals surface area contributed by atoms with Gasteiger partial charge < -0.3 is 5.11 Å². The van der Waals surface area contributed by atoms with Crippen LogP contribution in [0, 0.1) is 0 Å². The molecule has 1 rings (SSSR count). The molecule has 0 heterocycles. The van der Waals surface area contributed by atoms with Crippen molar-refractivity contribution in [2.24, 2.45) is 0 Å². The molecule has 13 heavy (non-hydrogen) atoms. The maximum absolute atomic E-state index is 10.4. The second-order valence-corrected chi connectivity index (χ2v) is 3.17. The molecule has 1 N–H and O–H groups in total. The number of thiol groups is 1. The molecule has 0 radical (unpaired) electrons. The number of hydrogen-bond acceptors (Lipinski definition) is 2. The highest BCUT2D eigenvalue weighted by Crippen LogP contribution is 2.07. The van der Waals surface area contributed by atoms with Crippen LogP contribution >= 0.6 is 25.0 Å². The lowest BCUT2D eigenvalue weighted by molar-refractivity contribution is -0.136. The topological polar surface area (TPSA) is 37.3 Å². The summed E-state index contributed by atoms with van der Waals surface area (Å²) in [7, 11) is 0. The first-order valence-corrected chi connectivity index (χ1v) is 4.16. The van der Waals surface area contributed by atoms with Crippen LogP contribution in [-0.4, -0.2) is 16.3 Å². The molecule has 72 valence electrons. The molecule has 0 amide bonds. The van der Waals surface area contributed by atoms with Gasteiger partial charge in [0.25, 0.3) is 0 Å². The van der Waals surface area contributed by atoms with Gasteiger partial charge in [-0.15, -0.1) is 12.4 Å². The Hall–Kier alpha value is -0.670. The zero-order valence-corrected chi connectivity index (χ0v) is 8.59. The molecule has 0 aromatic heterocycles. The van der Waals surface area contributed by atoms with E-state index in [0.29, 0.717) is 6.42 Å². The third-order valence-electron chi connectivity index (χ3n) is 1.56. The zero-order valence-electron chi connectivity index (χ0n) is 6.88. The summed E-state index contributed by atoms with van der Waals surface area (Å²) in [6.45, 7) is 0. The number of carboxylic acid groups (broad SMARTS) is 1. The number of carboxylic acids is 1. The Morgan fingerprint density at radius 1 is 1.38 bits per heavy atom. The minimum Gasteiger partial charge on any atom is -0.480 e. The summed E-state index contributed by atoms with van der Waals surface area (Å²) in [4.78, 5) is 10.4. The van der Waals surface area contributed by atoms with Crippen LogP contribution in [0.4, 0.5) is 0 Å². The zero-order chi connectivity index (χ0) is 8.97. The molecule has 1 atom stereocenters. The largest absolute Gasteiger partial charge is 0.480 e. The molecule has 0 fully saturated rings. The molecule has 0 saturated heterocycles. The van der Waals surface area contributed by atoms with Gasteiger partial charge in [-0.05, 0) is 12.0 Å². The van der Waals surface area contributed by atoms with E-state index in [1.54, 1.807) is 0 Å². The monoisotopic (exact) mass is 218 g/mol. The van der Waals surface area contributed by atoms with E-state index in [0.717, 1.165) is 5.56 Å². The van der Waals surface area contributed by atoms with E-state index in [9.17, 15) is 4.79 Å². The maximum Gasteiger partial charge on any atom is 0.316 e. The fourth-order valence-corrected chi connectivity index (χ4v) is 1.14. The van der Waals surface area contributed by atoms with Gasteiger partial charge in [-0.2, -0.15) is 12.6 Å². The molecular formula is C9H11ClO2S. The standard InChI is InChI=1S/C9H10O2S.ClH/c10-9(11)8(12)6-7-4-2-1-3-5-7;/h1-5,8,12H,6H2,(H,10,11);1H. The smallest absolute Gasteiger partial charge is 0.316 e. The minimum atomic E-state index is -0.873. The van der Waals surface area contributed by atoms with Crippen molar-refractivity contribution in [1.82, 2.24) is 0 Å². The summed E-state index contributed by atoms with van der Waals surface area (Å²) in [5.74, 6) is -0.873. The number of hydrogen-bond donors (Lipinski definition) is 2. The molecular weight excluding hydrogens is 208 g/mol. The molecule has 0 spiro atoms. The Labute approximate surface area is 88.8 Å². The van der Waals surface area contributed by atoms with Gasteiger partial charge in [0, 0.05) is 0 Å². The van der Waals surface area contributed by atoms with Crippen LogP contribution in [0.2, 0.25) is 0 Å². The molecule has 0 aliphatic rings. The second-order valence-electron chi connectivity index (χ2n) is 2.54. The summed E-state index contributed by atoms with van der Waals surface area (Å²) in [5.41, 5.74) is 1.000. The van der Waals surface area contributed by atoms with Gasteiger partial charge in [-0.3, -0.25) is 4.79 Å². The molecule has 1 aromatic carbocycles. The van der Waals surface area contributed by atoms with Gasteiger partial charge in [0.2, 0.25) is 0 Å². The van der Waals surface area contributed by atoms with E-state index in [-0.39, 0.29) is 12.4 Å². The molecule has 1 aromatic rings. The number of carbonyl (C=O) groups is 1. The van der Waals surface area contributed by atoms with Crippen molar-refractivity contribution in [3.05, 3.63) is 35.9 Å². The minimum absolute atomic E-state index is 0. The Balaban J connectivity index is 0.00000144. The van der Waals surface area contributed by atoms with Crippen LogP contribution in [0.3, 0.4) is 0 Å². The predicted octanol–water partition coefficient (Wildman–Crippen LogP) is 2.03. The highest BCUT2D eigenvalue weighted by Gasteiger charge is 2.11. The first-order chi connectivity index (χ1) is 5.70. The summed E-state index contributed by atoms with van der Waals surface area (Å²) >= 11 is 3.94. The average molecular weight is 219 g/mol. The highest BCUT2D eigenvalue weighted by atomic mass is 35.5. The molecule has 2 nitrogen and oxygen atoms in total. The van der Waals surface area contributed by atoms with Crippen molar-refractivity contribution in [1.29, 1.82) is 0 Å². The van der Waals surface area contributed by atoms with Crippen LogP contribution in [-0.2, 0) is 11.2 Å². The molecule has 4 heteroatoms. The van der Waals surface area contributed by atoms with Crippen molar-refractivity contribution < 1.29 is 9.90 Å². The normalized spacial score (nSPS) is 11.5. The van der Waals surface area contributed by atoms with Crippen LogP contribution in [0.1, 0.15) is 5.56 Å².